The molecule has 0 fully saturated rings. The number of benzene rings is 1. The van der Waals surface area contributed by atoms with Crippen LogP contribution in [0.15, 0.2) is 29.6 Å². The molecular formula is C15H19N3O2S. The topological polar surface area (TPSA) is 77.2 Å². The molecule has 0 atom stereocenters. The van der Waals surface area contributed by atoms with Crippen molar-refractivity contribution < 1.29 is 9.53 Å². The Hall–Kier alpha value is -2.08. The lowest BCUT2D eigenvalue weighted by atomic mass is 10.1. The first-order valence-corrected chi connectivity index (χ1v) is 7.48. The van der Waals surface area contributed by atoms with Gasteiger partial charge in [-0.2, -0.15) is 0 Å². The zero-order chi connectivity index (χ0) is 15.5. The molecule has 6 heteroatoms. The van der Waals surface area contributed by atoms with Gasteiger partial charge in [0.2, 0.25) is 0 Å². The van der Waals surface area contributed by atoms with E-state index in [9.17, 15) is 4.79 Å². The maximum absolute atomic E-state index is 11.6. The molecule has 1 heterocycles. The van der Waals surface area contributed by atoms with E-state index in [2.05, 4.69) is 10.3 Å². The van der Waals surface area contributed by atoms with Crippen molar-refractivity contribution in [2.75, 3.05) is 5.73 Å². The van der Waals surface area contributed by atoms with Gasteiger partial charge in [0, 0.05) is 16.6 Å². The molecule has 5 nitrogen and oxygen atoms in total. The number of rotatable bonds is 3. The Morgan fingerprint density at radius 3 is 2.62 bits per heavy atom. The lowest BCUT2D eigenvalue weighted by Crippen LogP contribution is -2.32. The lowest BCUT2D eigenvalue weighted by Gasteiger charge is -2.19. The second kappa shape index (κ2) is 6.13. The molecule has 1 aromatic carbocycles. The number of ether oxygens (including phenoxy) is 1. The van der Waals surface area contributed by atoms with Crippen LogP contribution in [0.25, 0.3) is 11.3 Å². The van der Waals surface area contributed by atoms with Crippen LogP contribution < -0.4 is 11.1 Å². The fourth-order valence-corrected chi connectivity index (χ4v) is 2.38. The summed E-state index contributed by atoms with van der Waals surface area (Å²) in [5.74, 6) is 0. The minimum atomic E-state index is -0.498. The Bertz CT molecular complexity index is 615. The Balaban J connectivity index is 1.94. The zero-order valence-corrected chi connectivity index (χ0v) is 13.2. The van der Waals surface area contributed by atoms with Crippen LogP contribution in [0.1, 0.15) is 25.8 Å². The van der Waals surface area contributed by atoms with Crippen molar-refractivity contribution in [3.8, 4) is 11.3 Å². The monoisotopic (exact) mass is 305 g/mol. The number of amides is 1. The average Bonchev–Trinajstić information content (AvgIpc) is 2.84. The third-order valence-corrected chi connectivity index (χ3v) is 3.39. The van der Waals surface area contributed by atoms with Gasteiger partial charge < -0.3 is 15.8 Å². The number of alkyl carbamates (subject to hydrolysis) is 1. The van der Waals surface area contributed by atoms with Gasteiger partial charge in [-0.1, -0.05) is 12.1 Å². The van der Waals surface area contributed by atoms with Gasteiger partial charge in [-0.15, -0.1) is 11.3 Å². The van der Waals surface area contributed by atoms with Crippen LogP contribution in [0.2, 0.25) is 0 Å². The summed E-state index contributed by atoms with van der Waals surface area (Å²) >= 11 is 1.50. The van der Waals surface area contributed by atoms with E-state index in [1.54, 1.807) is 0 Å². The van der Waals surface area contributed by atoms with Crippen LogP contribution in [0, 0.1) is 0 Å². The molecule has 0 unspecified atom stereocenters. The van der Waals surface area contributed by atoms with Crippen molar-refractivity contribution in [2.45, 2.75) is 32.9 Å². The molecule has 3 N–H and O–H groups in total. The first-order valence-electron chi connectivity index (χ1n) is 6.61. The number of hydrogen-bond donors (Lipinski definition) is 2. The van der Waals surface area contributed by atoms with Crippen LogP contribution >= 0.6 is 11.3 Å². The van der Waals surface area contributed by atoms with E-state index in [4.69, 9.17) is 10.5 Å². The normalized spacial score (nSPS) is 11.2. The van der Waals surface area contributed by atoms with Crippen molar-refractivity contribution in [2.24, 2.45) is 0 Å². The molecule has 1 aromatic heterocycles. The first-order chi connectivity index (χ1) is 9.83. The molecule has 0 aliphatic rings. The second-order valence-electron chi connectivity index (χ2n) is 5.60. The largest absolute Gasteiger partial charge is 0.444 e. The van der Waals surface area contributed by atoms with E-state index >= 15 is 0 Å². The Kier molecular flexibility index (Phi) is 4.47. The maximum atomic E-state index is 11.6. The van der Waals surface area contributed by atoms with Crippen molar-refractivity contribution in [1.29, 1.82) is 0 Å². The molecule has 0 bridgehead atoms. The summed E-state index contributed by atoms with van der Waals surface area (Å²) in [6.07, 6.45) is -0.438. The number of nitrogens with zero attached hydrogens (tertiary/aromatic N) is 1. The van der Waals surface area contributed by atoms with Crippen molar-refractivity contribution in [1.82, 2.24) is 10.3 Å². The summed E-state index contributed by atoms with van der Waals surface area (Å²) < 4.78 is 5.18. The molecule has 1 amide bonds. The molecule has 0 radical (unpaired) electrons. The number of carbonyl (C=O) groups is 1. The van der Waals surface area contributed by atoms with Gasteiger partial charge in [-0.05, 0) is 32.9 Å². The van der Waals surface area contributed by atoms with Gasteiger partial charge in [0.25, 0.3) is 0 Å². The van der Waals surface area contributed by atoms with Crippen LogP contribution in [-0.2, 0) is 11.3 Å². The van der Waals surface area contributed by atoms with E-state index in [1.165, 1.54) is 11.3 Å². The molecular weight excluding hydrogens is 286 g/mol. The fourth-order valence-electron chi connectivity index (χ4n) is 1.64. The van der Waals surface area contributed by atoms with Crippen LogP contribution in [0.4, 0.5) is 10.5 Å². The third-order valence-electron chi connectivity index (χ3n) is 2.54. The quantitative estimate of drug-likeness (QED) is 0.852. The highest BCUT2D eigenvalue weighted by Crippen LogP contribution is 2.22. The molecule has 2 aromatic rings. The molecule has 0 saturated carbocycles. The highest BCUT2D eigenvalue weighted by Gasteiger charge is 2.16. The average molecular weight is 305 g/mol. The number of thiazole rings is 1. The van der Waals surface area contributed by atoms with Crippen LogP contribution in [-0.4, -0.2) is 16.7 Å². The standard InChI is InChI=1S/C15H19N3O2S/c1-15(2,3)20-14(19)17-8-13-18-12(9-21-13)10-4-6-11(16)7-5-10/h4-7,9H,8,16H2,1-3H3,(H,17,19). The highest BCUT2D eigenvalue weighted by molar-refractivity contribution is 7.09. The summed E-state index contributed by atoms with van der Waals surface area (Å²) in [6.45, 7) is 5.84. The van der Waals surface area contributed by atoms with Crippen molar-refractivity contribution in [3.63, 3.8) is 0 Å². The SMILES string of the molecule is CC(C)(C)OC(=O)NCc1nc(-c2ccc(N)cc2)cs1. The number of aromatic nitrogens is 1. The summed E-state index contributed by atoms with van der Waals surface area (Å²) in [6, 6.07) is 7.53. The lowest BCUT2D eigenvalue weighted by molar-refractivity contribution is 0.0523. The number of hydrogen-bond acceptors (Lipinski definition) is 5. The number of nitrogens with two attached hydrogens (primary N) is 1. The smallest absolute Gasteiger partial charge is 0.408 e. The summed E-state index contributed by atoms with van der Waals surface area (Å²) in [5, 5.41) is 5.48. The van der Waals surface area contributed by atoms with E-state index in [1.807, 2.05) is 50.4 Å². The summed E-state index contributed by atoms with van der Waals surface area (Å²) in [4.78, 5) is 16.1. The number of carbonyl (C=O) groups excluding carboxylic acids is 1. The molecule has 0 aliphatic heterocycles. The van der Waals surface area contributed by atoms with E-state index in [0.717, 1.165) is 22.0 Å². The molecule has 2 rings (SSSR count). The first kappa shape index (κ1) is 15.3. The second-order valence-corrected chi connectivity index (χ2v) is 6.55. The van der Waals surface area contributed by atoms with Crippen LogP contribution in [0.5, 0.6) is 0 Å². The Labute approximate surface area is 128 Å². The molecule has 0 aliphatic carbocycles. The van der Waals surface area contributed by atoms with Gasteiger partial charge in [-0.25, -0.2) is 9.78 Å². The van der Waals surface area contributed by atoms with E-state index in [-0.39, 0.29) is 0 Å². The minimum Gasteiger partial charge on any atom is -0.444 e. The summed E-state index contributed by atoms with van der Waals surface area (Å²) in [5.41, 5.74) is 7.77. The van der Waals surface area contributed by atoms with Gasteiger partial charge >= 0.3 is 6.09 Å². The zero-order valence-electron chi connectivity index (χ0n) is 12.3. The molecule has 0 spiro atoms. The number of anilines is 1. The van der Waals surface area contributed by atoms with Gasteiger partial charge in [-0.3, -0.25) is 0 Å². The van der Waals surface area contributed by atoms with Gasteiger partial charge in [0.15, 0.2) is 0 Å². The number of nitrogen functional groups attached to an aromatic ring is 1. The molecule has 0 saturated heterocycles. The van der Waals surface area contributed by atoms with E-state index < -0.39 is 11.7 Å². The molecule has 21 heavy (non-hydrogen) atoms. The van der Waals surface area contributed by atoms with E-state index in [0.29, 0.717) is 6.54 Å². The minimum absolute atomic E-state index is 0.356. The van der Waals surface area contributed by atoms with Crippen molar-refractivity contribution in [3.05, 3.63) is 34.7 Å². The fraction of sp³-hybridized carbons (Fsp3) is 0.333. The van der Waals surface area contributed by atoms with Gasteiger partial charge in [0.1, 0.15) is 10.6 Å². The van der Waals surface area contributed by atoms with Crippen LogP contribution in [0.3, 0.4) is 0 Å². The number of nitrogens with one attached hydrogen (secondary N) is 1. The maximum Gasteiger partial charge on any atom is 0.408 e. The third kappa shape index (κ3) is 4.75. The Morgan fingerprint density at radius 1 is 1.33 bits per heavy atom. The highest BCUT2D eigenvalue weighted by atomic mass is 32.1. The summed E-state index contributed by atoms with van der Waals surface area (Å²) in [7, 11) is 0. The van der Waals surface area contributed by atoms with Gasteiger partial charge in [0.05, 0.1) is 12.2 Å². The molecule has 112 valence electrons. The predicted molar refractivity (Wildman–Crippen MR) is 85.0 cm³/mol. The predicted octanol–water partition coefficient (Wildman–Crippen LogP) is 3.42. The Morgan fingerprint density at radius 2 is 2.00 bits per heavy atom. The van der Waals surface area contributed by atoms with Crippen molar-refractivity contribution >= 4 is 23.1 Å².